The largest absolute Gasteiger partial charge is 0.441 e. The molecule has 0 aliphatic rings. The Morgan fingerprint density at radius 3 is 2.09 bits per heavy atom. The molecule has 0 unspecified atom stereocenters. The molecule has 2 aromatic rings. The van der Waals surface area contributed by atoms with Crippen molar-refractivity contribution in [2.75, 3.05) is 0 Å². The maximum Gasteiger partial charge on any atom is 0.304 e. The summed E-state index contributed by atoms with van der Waals surface area (Å²) in [6.07, 6.45) is 2.99. The van der Waals surface area contributed by atoms with Gasteiger partial charge in [0.05, 0.1) is 4.90 Å². The minimum Gasteiger partial charge on any atom is -0.441 e. The number of ether oxygens (including phenoxy) is 1. The van der Waals surface area contributed by atoms with Gasteiger partial charge >= 0.3 is 5.97 Å². The van der Waals surface area contributed by atoms with Gasteiger partial charge in [-0.15, -0.1) is 0 Å². The van der Waals surface area contributed by atoms with Crippen LogP contribution in [0.15, 0.2) is 71.6 Å². The Labute approximate surface area is 130 Å². The van der Waals surface area contributed by atoms with E-state index < -0.39 is 21.2 Å². The van der Waals surface area contributed by atoms with E-state index in [-0.39, 0.29) is 4.90 Å². The van der Waals surface area contributed by atoms with Crippen molar-refractivity contribution >= 4 is 21.9 Å². The lowest BCUT2D eigenvalue weighted by atomic mass is 10.2. The molecule has 2 aromatic carbocycles. The first-order chi connectivity index (χ1) is 10.5. The average Bonchev–Trinajstić information content (AvgIpc) is 2.53. The maximum atomic E-state index is 12.6. The standard InChI is InChI=1S/C17H16O4S/c1-14(18)21-17(13-12-15-8-4-2-5-9-15)22(19,20)16-10-6-3-7-11-16/h2-13,17H,1H3/b13-12+/t17-/m0/s1. The second kappa shape index (κ2) is 7.04. The van der Waals surface area contributed by atoms with E-state index in [0.717, 1.165) is 5.56 Å². The van der Waals surface area contributed by atoms with E-state index in [4.69, 9.17) is 4.74 Å². The fraction of sp³-hybridized carbons (Fsp3) is 0.118. The zero-order valence-corrected chi connectivity index (χ0v) is 12.9. The summed E-state index contributed by atoms with van der Waals surface area (Å²) in [5.74, 6) is -0.651. The molecule has 0 saturated carbocycles. The molecule has 5 heteroatoms. The summed E-state index contributed by atoms with van der Waals surface area (Å²) in [5, 5.41) is 0. The Morgan fingerprint density at radius 1 is 1.00 bits per heavy atom. The van der Waals surface area contributed by atoms with Crippen molar-refractivity contribution in [3.8, 4) is 0 Å². The van der Waals surface area contributed by atoms with E-state index in [0.29, 0.717) is 0 Å². The zero-order chi connectivity index (χ0) is 16.0. The third kappa shape index (κ3) is 4.05. The van der Waals surface area contributed by atoms with Crippen LogP contribution in [0.3, 0.4) is 0 Å². The molecule has 0 aliphatic carbocycles. The molecule has 0 aromatic heterocycles. The third-order valence-electron chi connectivity index (χ3n) is 2.91. The molecule has 0 radical (unpaired) electrons. The van der Waals surface area contributed by atoms with Gasteiger partial charge in [-0.3, -0.25) is 4.79 Å². The van der Waals surface area contributed by atoms with Crippen LogP contribution in [-0.4, -0.2) is 19.8 Å². The van der Waals surface area contributed by atoms with Gasteiger partial charge in [0.1, 0.15) is 0 Å². The Bertz CT molecular complexity index is 750. The van der Waals surface area contributed by atoms with E-state index in [9.17, 15) is 13.2 Å². The molecule has 0 N–H and O–H groups in total. The van der Waals surface area contributed by atoms with Gasteiger partial charge in [-0.2, -0.15) is 0 Å². The van der Waals surface area contributed by atoms with E-state index in [2.05, 4.69) is 0 Å². The lowest BCUT2D eigenvalue weighted by Gasteiger charge is -2.14. The molecule has 0 fully saturated rings. The van der Waals surface area contributed by atoms with Gasteiger partial charge in [0, 0.05) is 6.92 Å². The lowest BCUT2D eigenvalue weighted by Crippen LogP contribution is -2.24. The second-order valence-corrected chi connectivity index (χ2v) is 6.63. The van der Waals surface area contributed by atoms with E-state index in [1.807, 2.05) is 30.3 Å². The maximum absolute atomic E-state index is 12.6. The molecule has 0 saturated heterocycles. The Hall–Kier alpha value is -2.40. The smallest absolute Gasteiger partial charge is 0.304 e. The highest BCUT2D eigenvalue weighted by molar-refractivity contribution is 7.92. The van der Waals surface area contributed by atoms with Crippen LogP contribution in [-0.2, 0) is 19.4 Å². The lowest BCUT2D eigenvalue weighted by molar-refractivity contribution is -0.141. The highest BCUT2D eigenvalue weighted by Gasteiger charge is 2.27. The van der Waals surface area contributed by atoms with Crippen molar-refractivity contribution in [3.05, 3.63) is 72.3 Å². The molecular formula is C17H16O4S. The number of hydrogen-bond acceptors (Lipinski definition) is 4. The minimum atomic E-state index is -3.80. The highest BCUT2D eigenvalue weighted by atomic mass is 32.2. The number of hydrogen-bond donors (Lipinski definition) is 0. The van der Waals surface area contributed by atoms with Crippen LogP contribution in [0.5, 0.6) is 0 Å². The minimum absolute atomic E-state index is 0.110. The van der Waals surface area contributed by atoms with Crippen LogP contribution >= 0.6 is 0 Å². The normalized spacial score (nSPS) is 13.0. The van der Waals surface area contributed by atoms with Gasteiger partial charge in [-0.25, -0.2) is 8.42 Å². The Kier molecular flexibility index (Phi) is 5.12. The van der Waals surface area contributed by atoms with E-state index in [1.54, 1.807) is 24.3 Å². The van der Waals surface area contributed by atoms with Crippen molar-refractivity contribution in [2.45, 2.75) is 17.3 Å². The van der Waals surface area contributed by atoms with E-state index in [1.165, 1.54) is 25.1 Å². The van der Waals surface area contributed by atoms with Crippen LogP contribution in [0.25, 0.3) is 6.08 Å². The highest BCUT2D eigenvalue weighted by Crippen LogP contribution is 2.19. The molecule has 22 heavy (non-hydrogen) atoms. The van der Waals surface area contributed by atoms with E-state index >= 15 is 0 Å². The summed E-state index contributed by atoms with van der Waals surface area (Å²) in [4.78, 5) is 11.3. The fourth-order valence-electron chi connectivity index (χ4n) is 1.87. The molecule has 2 rings (SSSR count). The topological polar surface area (TPSA) is 60.4 Å². The molecule has 0 bridgehead atoms. The predicted molar refractivity (Wildman–Crippen MR) is 84.7 cm³/mol. The zero-order valence-electron chi connectivity index (χ0n) is 12.0. The molecular weight excluding hydrogens is 300 g/mol. The number of carbonyl (C=O) groups excluding carboxylic acids is 1. The predicted octanol–water partition coefficient (Wildman–Crippen LogP) is 3.06. The van der Waals surface area contributed by atoms with Gasteiger partial charge < -0.3 is 4.74 Å². The number of rotatable bonds is 5. The van der Waals surface area contributed by atoms with Crippen molar-refractivity contribution < 1.29 is 17.9 Å². The SMILES string of the molecule is CC(=O)O[C@H](/C=C/c1ccccc1)S(=O)(=O)c1ccccc1. The molecule has 0 aliphatic heterocycles. The number of carbonyl (C=O) groups is 1. The van der Waals surface area contributed by atoms with Gasteiger partial charge in [-0.1, -0.05) is 54.6 Å². The summed E-state index contributed by atoms with van der Waals surface area (Å²) in [7, 11) is -3.80. The number of sulfone groups is 1. The number of benzene rings is 2. The van der Waals surface area contributed by atoms with Crippen molar-refractivity contribution in [1.82, 2.24) is 0 Å². The van der Waals surface area contributed by atoms with Crippen LogP contribution in [0.1, 0.15) is 12.5 Å². The summed E-state index contributed by atoms with van der Waals surface area (Å²) in [6.45, 7) is 1.18. The molecule has 4 nitrogen and oxygen atoms in total. The molecule has 0 heterocycles. The summed E-state index contributed by atoms with van der Waals surface area (Å²) in [6, 6.07) is 17.1. The molecule has 114 valence electrons. The summed E-state index contributed by atoms with van der Waals surface area (Å²) >= 11 is 0. The van der Waals surface area contributed by atoms with Crippen LogP contribution in [0.4, 0.5) is 0 Å². The molecule has 1 atom stereocenters. The molecule has 0 spiro atoms. The fourth-order valence-corrected chi connectivity index (χ4v) is 3.22. The van der Waals surface area contributed by atoms with Crippen molar-refractivity contribution in [2.24, 2.45) is 0 Å². The van der Waals surface area contributed by atoms with Gasteiger partial charge in [0.2, 0.25) is 15.3 Å². The van der Waals surface area contributed by atoms with Gasteiger partial charge in [0.15, 0.2) is 0 Å². The Balaban J connectivity index is 2.34. The van der Waals surface area contributed by atoms with Crippen LogP contribution in [0, 0.1) is 0 Å². The van der Waals surface area contributed by atoms with Crippen LogP contribution < -0.4 is 0 Å². The first kappa shape index (κ1) is 16.0. The first-order valence-electron chi connectivity index (χ1n) is 6.69. The van der Waals surface area contributed by atoms with Gasteiger partial charge in [-0.05, 0) is 23.8 Å². The van der Waals surface area contributed by atoms with Crippen LogP contribution in [0.2, 0.25) is 0 Å². The van der Waals surface area contributed by atoms with Crippen molar-refractivity contribution in [1.29, 1.82) is 0 Å². The van der Waals surface area contributed by atoms with Crippen molar-refractivity contribution in [3.63, 3.8) is 0 Å². The average molecular weight is 316 g/mol. The van der Waals surface area contributed by atoms with Gasteiger partial charge in [0.25, 0.3) is 0 Å². The Morgan fingerprint density at radius 2 is 1.55 bits per heavy atom. The first-order valence-corrected chi connectivity index (χ1v) is 8.24. The summed E-state index contributed by atoms with van der Waals surface area (Å²) < 4.78 is 30.1. The quantitative estimate of drug-likeness (QED) is 0.795. The number of esters is 1. The monoisotopic (exact) mass is 316 g/mol. The molecule has 0 amide bonds. The summed E-state index contributed by atoms with van der Waals surface area (Å²) in [5.41, 5.74) is -0.532. The third-order valence-corrected chi connectivity index (χ3v) is 4.70. The second-order valence-electron chi connectivity index (χ2n) is 4.61.